The number of aliphatic hydroxyl groups is 1. The minimum absolute atomic E-state index is 0.00461. The lowest BCUT2D eigenvalue weighted by Gasteiger charge is -2.36. The molecule has 1 saturated heterocycles. The SMILES string of the molecule is O=C1CCc2ccc(O[C@@H]3CCN(C(=O)c4ccc5c(c4)OCO5)C[C@H]3O)cc2N1. The first-order chi connectivity index (χ1) is 14.6. The third kappa shape index (κ3) is 3.54. The molecule has 30 heavy (non-hydrogen) atoms. The van der Waals surface area contributed by atoms with Gasteiger partial charge in [-0.05, 0) is 36.2 Å². The highest BCUT2D eigenvalue weighted by Gasteiger charge is 2.32. The standard InChI is InChI=1S/C22H22N2O6/c25-17-11-24(22(27)14-2-5-19-20(9-14)29-12-28-19)8-7-18(17)30-15-4-1-13-3-6-21(26)23-16(13)10-15/h1-2,4-5,9-10,17-18,25H,3,6-8,11-12H2,(H,23,26)/t17-,18-/m1/s1. The summed E-state index contributed by atoms with van der Waals surface area (Å²) in [7, 11) is 0. The van der Waals surface area contributed by atoms with Gasteiger partial charge in [-0.1, -0.05) is 6.07 Å². The third-order valence-electron chi connectivity index (χ3n) is 5.69. The second-order valence-electron chi connectivity index (χ2n) is 7.70. The third-order valence-corrected chi connectivity index (χ3v) is 5.69. The van der Waals surface area contributed by atoms with E-state index in [2.05, 4.69) is 5.32 Å². The van der Waals surface area contributed by atoms with Gasteiger partial charge in [-0.25, -0.2) is 0 Å². The lowest BCUT2D eigenvalue weighted by molar-refractivity contribution is -0.116. The number of carbonyl (C=O) groups excluding carboxylic acids is 2. The fraction of sp³-hybridized carbons (Fsp3) is 0.364. The molecule has 0 bridgehead atoms. The van der Waals surface area contributed by atoms with E-state index in [4.69, 9.17) is 14.2 Å². The van der Waals surface area contributed by atoms with Crippen molar-refractivity contribution < 1.29 is 28.9 Å². The predicted molar refractivity (Wildman–Crippen MR) is 107 cm³/mol. The van der Waals surface area contributed by atoms with Gasteiger partial charge in [-0.3, -0.25) is 9.59 Å². The number of anilines is 1. The van der Waals surface area contributed by atoms with Crippen molar-refractivity contribution in [3.63, 3.8) is 0 Å². The van der Waals surface area contributed by atoms with Gasteiger partial charge in [0.05, 0.1) is 6.54 Å². The summed E-state index contributed by atoms with van der Waals surface area (Å²) >= 11 is 0. The van der Waals surface area contributed by atoms with Crippen molar-refractivity contribution in [1.82, 2.24) is 4.90 Å². The van der Waals surface area contributed by atoms with Crippen LogP contribution >= 0.6 is 0 Å². The Kier molecular flexibility index (Phi) is 4.71. The van der Waals surface area contributed by atoms with E-state index >= 15 is 0 Å². The van der Waals surface area contributed by atoms with Crippen LogP contribution in [0, 0.1) is 0 Å². The minimum Gasteiger partial charge on any atom is -0.488 e. The fourth-order valence-corrected chi connectivity index (χ4v) is 4.04. The molecular weight excluding hydrogens is 388 g/mol. The van der Waals surface area contributed by atoms with Crippen molar-refractivity contribution in [3.8, 4) is 17.2 Å². The highest BCUT2D eigenvalue weighted by molar-refractivity contribution is 5.95. The van der Waals surface area contributed by atoms with Gasteiger partial charge < -0.3 is 29.5 Å². The van der Waals surface area contributed by atoms with Gasteiger partial charge in [0.2, 0.25) is 12.7 Å². The van der Waals surface area contributed by atoms with E-state index < -0.39 is 12.2 Å². The summed E-state index contributed by atoms with van der Waals surface area (Å²) in [4.78, 5) is 26.1. The van der Waals surface area contributed by atoms with Gasteiger partial charge in [0, 0.05) is 36.7 Å². The molecule has 0 aromatic heterocycles. The Hall–Kier alpha value is -3.26. The molecule has 8 heteroatoms. The summed E-state index contributed by atoms with van der Waals surface area (Å²) < 4.78 is 16.6. The van der Waals surface area contributed by atoms with Crippen LogP contribution in [0.25, 0.3) is 0 Å². The largest absolute Gasteiger partial charge is 0.488 e. The number of nitrogens with zero attached hydrogens (tertiary/aromatic N) is 1. The maximum Gasteiger partial charge on any atom is 0.254 e. The van der Waals surface area contributed by atoms with Gasteiger partial charge in [0.15, 0.2) is 11.5 Å². The molecule has 156 valence electrons. The second kappa shape index (κ2) is 7.53. The van der Waals surface area contributed by atoms with E-state index in [0.29, 0.717) is 48.6 Å². The highest BCUT2D eigenvalue weighted by Crippen LogP contribution is 2.33. The number of hydrogen-bond donors (Lipinski definition) is 2. The van der Waals surface area contributed by atoms with Gasteiger partial charge >= 0.3 is 0 Å². The molecule has 2 atom stereocenters. The maximum absolute atomic E-state index is 12.8. The quantitative estimate of drug-likeness (QED) is 0.803. The molecule has 0 aliphatic carbocycles. The van der Waals surface area contributed by atoms with Gasteiger partial charge in [-0.15, -0.1) is 0 Å². The molecule has 1 fully saturated rings. The number of β-amino-alcohol motifs (C(OH)–C–C–N with tert-alkyl or cyclic N) is 1. The van der Waals surface area contributed by atoms with Crippen LogP contribution in [0.3, 0.4) is 0 Å². The molecule has 2 amide bonds. The van der Waals surface area contributed by atoms with Crippen molar-refractivity contribution >= 4 is 17.5 Å². The van der Waals surface area contributed by atoms with E-state index in [1.807, 2.05) is 12.1 Å². The van der Waals surface area contributed by atoms with Crippen LogP contribution < -0.4 is 19.5 Å². The number of amides is 2. The maximum atomic E-state index is 12.8. The van der Waals surface area contributed by atoms with Crippen molar-refractivity contribution in [1.29, 1.82) is 0 Å². The van der Waals surface area contributed by atoms with Crippen molar-refractivity contribution in [2.24, 2.45) is 0 Å². The number of carbonyl (C=O) groups is 2. The predicted octanol–water partition coefficient (Wildman–Crippen LogP) is 1.95. The van der Waals surface area contributed by atoms with Crippen LogP contribution in [-0.4, -0.2) is 53.9 Å². The molecule has 3 aliphatic rings. The van der Waals surface area contributed by atoms with E-state index in [1.165, 1.54) is 0 Å². The molecule has 0 saturated carbocycles. The Balaban J connectivity index is 1.23. The van der Waals surface area contributed by atoms with Crippen molar-refractivity contribution in [3.05, 3.63) is 47.5 Å². The number of likely N-dealkylation sites (tertiary alicyclic amines) is 1. The molecule has 2 N–H and O–H groups in total. The van der Waals surface area contributed by atoms with Crippen LogP contribution in [0.4, 0.5) is 5.69 Å². The normalized spacial score (nSPS) is 22.3. The molecule has 0 radical (unpaired) electrons. The van der Waals surface area contributed by atoms with E-state index in [9.17, 15) is 14.7 Å². The average Bonchev–Trinajstić information content (AvgIpc) is 3.22. The molecule has 8 nitrogen and oxygen atoms in total. The van der Waals surface area contributed by atoms with Crippen LogP contribution in [-0.2, 0) is 11.2 Å². The minimum atomic E-state index is -0.817. The second-order valence-corrected chi connectivity index (χ2v) is 7.70. The lowest BCUT2D eigenvalue weighted by Crippen LogP contribution is -2.51. The van der Waals surface area contributed by atoms with Crippen LogP contribution in [0.1, 0.15) is 28.8 Å². The summed E-state index contributed by atoms with van der Waals surface area (Å²) in [5.74, 6) is 1.60. The van der Waals surface area contributed by atoms with Crippen LogP contribution in [0.2, 0.25) is 0 Å². The van der Waals surface area contributed by atoms with Crippen molar-refractivity contribution in [2.45, 2.75) is 31.5 Å². The Morgan fingerprint density at radius 1 is 1.13 bits per heavy atom. The fourth-order valence-electron chi connectivity index (χ4n) is 4.04. The monoisotopic (exact) mass is 410 g/mol. The zero-order valence-corrected chi connectivity index (χ0v) is 16.3. The molecule has 0 spiro atoms. The molecule has 2 aromatic rings. The molecular formula is C22H22N2O6. The first-order valence-electron chi connectivity index (χ1n) is 10.0. The van der Waals surface area contributed by atoms with Gasteiger partial charge in [-0.2, -0.15) is 0 Å². The summed E-state index contributed by atoms with van der Waals surface area (Å²) in [6.45, 7) is 0.803. The zero-order chi connectivity index (χ0) is 20.7. The zero-order valence-electron chi connectivity index (χ0n) is 16.3. The number of benzene rings is 2. The average molecular weight is 410 g/mol. The molecule has 0 unspecified atom stereocenters. The number of aryl methyl sites for hydroxylation is 1. The summed E-state index contributed by atoms with van der Waals surface area (Å²) in [6, 6.07) is 10.7. The first-order valence-corrected chi connectivity index (χ1v) is 10.0. The molecule has 3 heterocycles. The molecule has 5 rings (SSSR count). The lowest BCUT2D eigenvalue weighted by atomic mass is 10.0. The van der Waals surface area contributed by atoms with E-state index in [-0.39, 0.29) is 25.2 Å². The Labute approximate surface area is 173 Å². The van der Waals surface area contributed by atoms with Crippen LogP contribution in [0.15, 0.2) is 36.4 Å². The van der Waals surface area contributed by atoms with Gasteiger partial charge in [0.25, 0.3) is 5.91 Å². The number of nitrogens with one attached hydrogen (secondary N) is 1. The van der Waals surface area contributed by atoms with Crippen molar-refractivity contribution in [2.75, 3.05) is 25.2 Å². The Bertz CT molecular complexity index is 1010. The van der Waals surface area contributed by atoms with E-state index in [0.717, 1.165) is 11.3 Å². The summed E-state index contributed by atoms with van der Waals surface area (Å²) in [5, 5.41) is 13.5. The number of ether oxygens (including phenoxy) is 3. The number of piperidine rings is 1. The number of fused-ring (bicyclic) bond motifs is 2. The van der Waals surface area contributed by atoms with Crippen LogP contribution in [0.5, 0.6) is 17.2 Å². The number of hydrogen-bond acceptors (Lipinski definition) is 6. The first kappa shape index (κ1) is 18.7. The summed E-state index contributed by atoms with van der Waals surface area (Å²) in [6.07, 6.45) is 0.457. The molecule has 2 aromatic carbocycles. The Morgan fingerprint density at radius 2 is 2.00 bits per heavy atom. The molecule has 3 aliphatic heterocycles. The smallest absolute Gasteiger partial charge is 0.254 e. The Morgan fingerprint density at radius 3 is 2.87 bits per heavy atom. The number of rotatable bonds is 3. The highest BCUT2D eigenvalue weighted by atomic mass is 16.7. The van der Waals surface area contributed by atoms with Gasteiger partial charge in [0.1, 0.15) is 18.0 Å². The number of aliphatic hydroxyl groups excluding tert-OH is 1. The summed E-state index contributed by atoms with van der Waals surface area (Å²) in [5.41, 5.74) is 2.33. The van der Waals surface area contributed by atoms with E-state index in [1.54, 1.807) is 29.2 Å². The topological polar surface area (TPSA) is 97.3 Å².